The molecule has 31 heavy (non-hydrogen) atoms. The second-order valence-electron chi connectivity index (χ2n) is 8.50. The van der Waals surface area contributed by atoms with Crippen LogP contribution in [0.2, 0.25) is 5.02 Å². The van der Waals surface area contributed by atoms with Crippen molar-refractivity contribution in [2.45, 2.75) is 33.6 Å². The third-order valence-corrected chi connectivity index (χ3v) is 5.22. The van der Waals surface area contributed by atoms with Crippen molar-refractivity contribution in [1.82, 2.24) is 15.0 Å². The maximum atomic E-state index is 12.2. The van der Waals surface area contributed by atoms with Crippen LogP contribution in [-0.2, 0) is 22.4 Å². The summed E-state index contributed by atoms with van der Waals surface area (Å²) in [5, 5.41) is 6.53. The molecule has 1 aromatic carbocycles. The standard InChI is InChI=1S/C23H22ClN5O2/c1-23(2,3)19(30)10-15-5-6-16(12-25-15)27-22-26-11-13-8-20(31)28-18-9-14(24)4-7-17(18)21(13)29-22/h4-7,9,11-12H,8,10H2,1-3H3,(H,28,31)(H,26,27,29). The summed E-state index contributed by atoms with van der Waals surface area (Å²) in [6.07, 6.45) is 3.77. The zero-order valence-electron chi connectivity index (χ0n) is 17.5. The van der Waals surface area contributed by atoms with Crippen molar-refractivity contribution in [2.24, 2.45) is 5.41 Å². The topological polar surface area (TPSA) is 96.9 Å². The van der Waals surface area contributed by atoms with Gasteiger partial charge in [0.1, 0.15) is 5.78 Å². The molecule has 4 rings (SSSR count). The Morgan fingerprint density at radius 2 is 1.97 bits per heavy atom. The lowest BCUT2D eigenvalue weighted by atomic mass is 9.88. The first-order chi connectivity index (χ1) is 14.7. The van der Waals surface area contributed by atoms with Crippen LogP contribution in [0.25, 0.3) is 11.3 Å². The molecule has 7 nitrogen and oxygen atoms in total. The summed E-state index contributed by atoms with van der Waals surface area (Å²) >= 11 is 6.09. The molecule has 2 aromatic heterocycles. The summed E-state index contributed by atoms with van der Waals surface area (Å²) in [7, 11) is 0. The molecule has 8 heteroatoms. The number of anilines is 3. The highest BCUT2D eigenvalue weighted by Gasteiger charge is 2.22. The van der Waals surface area contributed by atoms with E-state index in [0.717, 1.165) is 11.1 Å². The molecule has 1 amide bonds. The van der Waals surface area contributed by atoms with Crippen LogP contribution in [0.1, 0.15) is 32.0 Å². The van der Waals surface area contributed by atoms with E-state index in [1.54, 1.807) is 24.5 Å². The predicted molar refractivity (Wildman–Crippen MR) is 120 cm³/mol. The van der Waals surface area contributed by atoms with Gasteiger partial charge in [0, 0.05) is 39.9 Å². The first-order valence-electron chi connectivity index (χ1n) is 9.90. The number of aromatic nitrogens is 3. The highest BCUT2D eigenvalue weighted by Crippen LogP contribution is 2.34. The molecule has 2 N–H and O–H groups in total. The lowest BCUT2D eigenvalue weighted by Gasteiger charge is -2.16. The molecule has 1 aliphatic heterocycles. The van der Waals surface area contributed by atoms with E-state index in [9.17, 15) is 9.59 Å². The van der Waals surface area contributed by atoms with Gasteiger partial charge in [-0.3, -0.25) is 14.6 Å². The number of pyridine rings is 1. The Morgan fingerprint density at radius 3 is 2.68 bits per heavy atom. The average Bonchev–Trinajstić information content (AvgIpc) is 2.83. The molecule has 1 aliphatic rings. The van der Waals surface area contributed by atoms with Gasteiger partial charge >= 0.3 is 0 Å². The number of fused-ring (bicyclic) bond motifs is 3. The lowest BCUT2D eigenvalue weighted by molar-refractivity contribution is -0.125. The van der Waals surface area contributed by atoms with E-state index >= 15 is 0 Å². The largest absolute Gasteiger partial charge is 0.325 e. The van der Waals surface area contributed by atoms with Gasteiger partial charge < -0.3 is 10.6 Å². The van der Waals surface area contributed by atoms with Gasteiger partial charge in [-0.25, -0.2) is 9.97 Å². The lowest BCUT2D eigenvalue weighted by Crippen LogP contribution is -2.22. The Balaban J connectivity index is 1.58. The van der Waals surface area contributed by atoms with Crippen LogP contribution in [0.5, 0.6) is 0 Å². The third kappa shape index (κ3) is 4.72. The average molecular weight is 436 g/mol. The van der Waals surface area contributed by atoms with Crippen molar-refractivity contribution in [3.05, 3.63) is 59.0 Å². The molecule has 0 saturated heterocycles. The minimum Gasteiger partial charge on any atom is -0.325 e. The summed E-state index contributed by atoms with van der Waals surface area (Å²) in [6, 6.07) is 8.96. The number of carbonyl (C=O) groups excluding carboxylic acids is 2. The van der Waals surface area contributed by atoms with Gasteiger partial charge in [-0.05, 0) is 30.3 Å². The molecule has 0 fully saturated rings. The number of hydrogen-bond donors (Lipinski definition) is 2. The summed E-state index contributed by atoms with van der Waals surface area (Å²) in [5.41, 5.74) is 3.82. The van der Waals surface area contributed by atoms with Gasteiger partial charge in [0.15, 0.2) is 0 Å². The number of Topliss-reactive ketones (excluding diaryl/α,β-unsaturated/α-hetero) is 1. The normalized spacial score (nSPS) is 13.0. The van der Waals surface area contributed by atoms with Crippen LogP contribution in [0.3, 0.4) is 0 Å². The minimum atomic E-state index is -0.398. The van der Waals surface area contributed by atoms with Crippen LogP contribution < -0.4 is 10.6 Å². The van der Waals surface area contributed by atoms with Crippen molar-refractivity contribution in [3.63, 3.8) is 0 Å². The number of hydrogen-bond acceptors (Lipinski definition) is 6. The van der Waals surface area contributed by atoms with Crippen LogP contribution in [0.15, 0.2) is 42.7 Å². The van der Waals surface area contributed by atoms with Crippen LogP contribution in [-0.4, -0.2) is 26.6 Å². The molecule has 0 bridgehead atoms. The Kier molecular flexibility index (Phi) is 5.45. The Morgan fingerprint density at radius 1 is 1.16 bits per heavy atom. The number of nitrogens with zero attached hydrogens (tertiary/aromatic N) is 3. The number of benzene rings is 1. The summed E-state index contributed by atoms with van der Waals surface area (Å²) in [4.78, 5) is 37.8. The van der Waals surface area contributed by atoms with Gasteiger partial charge in [-0.1, -0.05) is 32.4 Å². The summed E-state index contributed by atoms with van der Waals surface area (Å²) in [5.74, 6) is 0.377. The number of amides is 1. The van der Waals surface area contributed by atoms with Gasteiger partial charge in [0.25, 0.3) is 0 Å². The second-order valence-corrected chi connectivity index (χ2v) is 8.93. The van der Waals surface area contributed by atoms with E-state index in [1.807, 2.05) is 39.0 Å². The first-order valence-corrected chi connectivity index (χ1v) is 10.3. The fourth-order valence-corrected chi connectivity index (χ4v) is 3.36. The van der Waals surface area contributed by atoms with Gasteiger partial charge in [0.05, 0.1) is 29.7 Å². The highest BCUT2D eigenvalue weighted by molar-refractivity contribution is 6.31. The number of halogens is 1. The van der Waals surface area contributed by atoms with E-state index < -0.39 is 5.41 Å². The fourth-order valence-electron chi connectivity index (χ4n) is 3.19. The molecule has 158 valence electrons. The Hall–Kier alpha value is -3.32. The summed E-state index contributed by atoms with van der Waals surface area (Å²) in [6.45, 7) is 5.70. The maximum absolute atomic E-state index is 12.2. The molecule has 0 unspecified atom stereocenters. The second kappa shape index (κ2) is 8.07. The Bertz CT molecular complexity index is 1170. The molecule has 0 radical (unpaired) electrons. The number of carbonyl (C=O) groups is 2. The maximum Gasteiger partial charge on any atom is 0.228 e. The van der Waals surface area contributed by atoms with Crippen LogP contribution in [0, 0.1) is 5.41 Å². The molecule has 3 heterocycles. The molecule has 0 atom stereocenters. The van der Waals surface area contributed by atoms with Gasteiger partial charge in [0.2, 0.25) is 11.9 Å². The molecule has 0 spiro atoms. The number of ketones is 1. The van der Waals surface area contributed by atoms with Crippen molar-refractivity contribution >= 4 is 40.6 Å². The van der Waals surface area contributed by atoms with E-state index in [0.29, 0.717) is 40.2 Å². The van der Waals surface area contributed by atoms with E-state index in [2.05, 4.69) is 25.6 Å². The van der Waals surface area contributed by atoms with Crippen LogP contribution >= 0.6 is 11.6 Å². The number of rotatable bonds is 4. The number of nitrogens with one attached hydrogen (secondary N) is 2. The third-order valence-electron chi connectivity index (χ3n) is 4.99. The minimum absolute atomic E-state index is 0.136. The van der Waals surface area contributed by atoms with Gasteiger partial charge in [-0.15, -0.1) is 0 Å². The Labute approximate surface area is 185 Å². The molecule has 0 aliphatic carbocycles. The first kappa shape index (κ1) is 20.9. The van der Waals surface area contributed by atoms with Gasteiger partial charge in [-0.2, -0.15) is 0 Å². The molecular formula is C23H22ClN5O2. The van der Waals surface area contributed by atoms with Crippen molar-refractivity contribution in [1.29, 1.82) is 0 Å². The van der Waals surface area contributed by atoms with Crippen molar-refractivity contribution in [2.75, 3.05) is 10.6 Å². The molecule has 3 aromatic rings. The quantitative estimate of drug-likeness (QED) is 0.622. The SMILES string of the molecule is CC(C)(C)C(=O)Cc1ccc(Nc2ncc3c(n2)-c2ccc(Cl)cc2NC(=O)C3)cn1. The van der Waals surface area contributed by atoms with Crippen molar-refractivity contribution < 1.29 is 9.59 Å². The molecular weight excluding hydrogens is 414 g/mol. The molecule has 0 saturated carbocycles. The van der Waals surface area contributed by atoms with E-state index in [4.69, 9.17) is 11.6 Å². The zero-order chi connectivity index (χ0) is 22.2. The van der Waals surface area contributed by atoms with Crippen molar-refractivity contribution in [3.8, 4) is 11.3 Å². The fraction of sp³-hybridized carbons (Fsp3) is 0.261. The monoisotopic (exact) mass is 435 g/mol. The van der Waals surface area contributed by atoms with E-state index in [1.165, 1.54) is 0 Å². The van der Waals surface area contributed by atoms with Crippen LogP contribution in [0.4, 0.5) is 17.3 Å². The summed E-state index contributed by atoms with van der Waals surface area (Å²) < 4.78 is 0. The predicted octanol–water partition coefficient (Wildman–Crippen LogP) is 4.59. The zero-order valence-corrected chi connectivity index (χ0v) is 18.2. The smallest absolute Gasteiger partial charge is 0.228 e. The highest BCUT2D eigenvalue weighted by atomic mass is 35.5. The van der Waals surface area contributed by atoms with E-state index in [-0.39, 0.29) is 18.1 Å².